The number of amides is 1. The molecule has 1 aromatic carbocycles. The fourth-order valence-corrected chi connectivity index (χ4v) is 3.86. The Morgan fingerprint density at radius 2 is 2.11 bits per heavy atom. The van der Waals surface area contributed by atoms with E-state index in [-0.39, 0.29) is 11.7 Å². The topological polar surface area (TPSA) is 96.7 Å². The number of aromatic nitrogens is 3. The molecule has 0 atom stereocenters. The van der Waals surface area contributed by atoms with E-state index in [1.807, 2.05) is 41.8 Å². The summed E-state index contributed by atoms with van der Waals surface area (Å²) in [7, 11) is 0. The third-order valence-electron chi connectivity index (χ3n) is 3.56. The molecule has 1 amide bonds. The number of benzene rings is 1. The first kappa shape index (κ1) is 19.1. The molecule has 0 unspecified atom stereocenters. The van der Waals surface area contributed by atoms with Gasteiger partial charge in [0.1, 0.15) is 0 Å². The van der Waals surface area contributed by atoms with Crippen molar-refractivity contribution in [2.75, 3.05) is 16.8 Å². The Labute approximate surface area is 165 Å². The van der Waals surface area contributed by atoms with E-state index in [2.05, 4.69) is 21.6 Å². The maximum absolute atomic E-state index is 12.4. The van der Waals surface area contributed by atoms with Crippen LogP contribution in [0.15, 0.2) is 57.1 Å². The molecule has 3 rings (SSSR count). The first-order valence-corrected chi connectivity index (χ1v) is 10.2. The number of carbonyl (C=O) groups excluding carboxylic acids is 1. The third kappa shape index (κ3) is 4.72. The SMILES string of the molecule is CCn1c(SCC(=O)Nc2ccccc2SCC#N)nnc1-c1ccco1. The summed E-state index contributed by atoms with van der Waals surface area (Å²) in [6.45, 7) is 2.66. The zero-order chi connectivity index (χ0) is 19.1. The van der Waals surface area contributed by atoms with Gasteiger partial charge >= 0.3 is 0 Å². The van der Waals surface area contributed by atoms with Gasteiger partial charge in [0.25, 0.3) is 0 Å². The van der Waals surface area contributed by atoms with Gasteiger partial charge in [-0.1, -0.05) is 23.9 Å². The molecule has 2 aromatic heterocycles. The molecule has 27 heavy (non-hydrogen) atoms. The summed E-state index contributed by atoms with van der Waals surface area (Å²) in [5.74, 6) is 1.67. The minimum absolute atomic E-state index is 0.143. The molecule has 1 N–H and O–H groups in total. The zero-order valence-corrected chi connectivity index (χ0v) is 16.2. The lowest BCUT2D eigenvalue weighted by molar-refractivity contribution is -0.113. The number of anilines is 1. The average molecular weight is 400 g/mol. The van der Waals surface area contributed by atoms with Crippen molar-refractivity contribution in [2.24, 2.45) is 0 Å². The second-order valence-corrected chi connectivity index (χ2v) is 7.27. The number of hydrogen-bond acceptors (Lipinski definition) is 7. The van der Waals surface area contributed by atoms with Crippen molar-refractivity contribution in [3.05, 3.63) is 42.7 Å². The van der Waals surface area contributed by atoms with Crippen LogP contribution in [-0.2, 0) is 11.3 Å². The van der Waals surface area contributed by atoms with E-state index in [1.54, 1.807) is 12.3 Å². The van der Waals surface area contributed by atoms with Gasteiger partial charge in [-0.3, -0.25) is 9.36 Å². The molecule has 0 bridgehead atoms. The predicted molar refractivity (Wildman–Crippen MR) is 106 cm³/mol. The number of nitriles is 1. The summed E-state index contributed by atoms with van der Waals surface area (Å²) in [6.07, 6.45) is 1.59. The summed E-state index contributed by atoms with van der Waals surface area (Å²) in [5, 5.41) is 20.6. The monoisotopic (exact) mass is 399 g/mol. The van der Waals surface area contributed by atoms with Gasteiger partial charge in [0.15, 0.2) is 16.7 Å². The molecule has 0 saturated carbocycles. The van der Waals surface area contributed by atoms with Crippen LogP contribution in [0.25, 0.3) is 11.6 Å². The highest BCUT2D eigenvalue weighted by atomic mass is 32.2. The van der Waals surface area contributed by atoms with Gasteiger partial charge in [-0.05, 0) is 31.2 Å². The molecule has 0 saturated heterocycles. The molecule has 0 aliphatic carbocycles. The van der Waals surface area contributed by atoms with Crippen LogP contribution in [0.2, 0.25) is 0 Å². The van der Waals surface area contributed by atoms with E-state index >= 15 is 0 Å². The van der Waals surface area contributed by atoms with E-state index in [0.717, 1.165) is 4.90 Å². The first-order valence-electron chi connectivity index (χ1n) is 8.21. The summed E-state index contributed by atoms with van der Waals surface area (Å²) < 4.78 is 7.30. The molecule has 0 aliphatic rings. The summed E-state index contributed by atoms with van der Waals surface area (Å²) in [4.78, 5) is 13.2. The standard InChI is InChI=1S/C18H17N5O2S2/c1-2-23-17(14-7-5-10-25-14)21-22-18(23)27-12-16(24)20-13-6-3-4-8-15(13)26-11-9-19/h3-8,10H,2,11-12H2,1H3,(H,20,24). The Kier molecular flexibility index (Phi) is 6.57. The van der Waals surface area contributed by atoms with Crippen LogP contribution in [0.1, 0.15) is 6.92 Å². The highest BCUT2D eigenvalue weighted by Gasteiger charge is 2.16. The molecule has 7 nitrogen and oxygen atoms in total. The van der Waals surface area contributed by atoms with Crippen molar-refractivity contribution in [1.29, 1.82) is 5.26 Å². The number of thioether (sulfide) groups is 2. The number of nitrogens with one attached hydrogen (secondary N) is 1. The van der Waals surface area contributed by atoms with Crippen molar-refractivity contribution in [3.63, 3.8) is 0 Å². The average Bonchev–Trinajstić information content (AvgIpc) is 3.34. The first-order chi connectivity index (χ1) is 13.2. The largest absolute Gasteiger partial charge is 0.461 e. The highest BCUT2D eigenvalue weighted by molar-refractivity contribution is 8.00. The number of nitrogens with zero attached hydrogens (tertiary/aromatic N) is 4. The van der Waals surface area contributed by atoms with Crippen LogP contribution in [0, 0.1) is 11.3 Å². The Bertz CT molecular complexity index is 947. The van der Waals surface area contributed by atoms with E-state index < -0.39 is 0 Å². The lowest BCUT2D eigenvalue weighted by Crippen LogP contribution is -2.15. The van der Waals surface area contributed by atoms with E-state index in [9.17, 15) is 4.79 Å². The summed E-state index contributed by atoms with van der Waals surface area (Å²) in [5.41, 5.74) is 0.705. The van der Waals surface area contributed by atoms with Crippen molar-refractivity contribution in [3.8, 4) is 17.7 Å². The van der Waals surface area contributed by atoms with E-state index in [4.69, 9.17) is 9.68 Å². The summed E-state index contributed by atoms with van der Waals surface area (Å²) in [6, 6.07) is 13.2. The van der Waals surface area contributed by atoms with Crippen LogP contribution < -0.4 is 5.32 Å². The Hall–Kier alpha value is -2.70. The zero-order valence-electron chi connectivity index (χ0n) is 14.6. The van der Waals surface area contributed by atoms with Crippen LogP contribution in [0.5, 0.6) is 0 Å². The molecule has 0 fully saturated rings. The smallest absolute Gasteiger partial charge is 0.234 e. The van der Waals surface area contributed by atoms with Crippen LogP contribution in [0.4, 0.5) is 5.69 Å². The lowest BCUT2D eigenvalue weighted by Gasteiger charge is -2.10. The molecule has 138 valence electrons. The van der Waals surface area contributed by atoms with Crippen LogP contribution >= 0.6 is 23.5 Å². The van der Waals surface area contributed by atoms with Crippen molar-refractivity contribution < 1.29 is 9.21 Å². The lowest BCUT2D eigenvalue weighted by atomic mass is 10.3. The third-order valence-corrected chi connectivity index (χ3v) is 5.47. The second-order valence-electron chi connectivity index (χ2n) is 5.31. The number of hydrogen-bond donors (Lipinski definition) is 1. The number of para-hydroxylation sites is 1. The van der Waals surface area contributed by atoms with Gasteiger partial charge in [-0.15, -0.1) is 22.0 Å². The number of carbonyl (C=O) groups is 1. The van der Waals surface area contributed by atoms with Gasteiger partial charge in [-0.25, -0.2) is 0 Å². The molecule has 9 heteroatoms. The molecule has 0 spiro atoms. The van der Waals surface area contributed by atoms with E-state index in [0.29, 0.717) is 34.7 Å². The van der Waals surface area contributed by atoms with Crippen molar-refractivity contribution in [1.82, 2.24) is 14.8 Å². The van der Waals surface area contributed by atoms with Crippen LogP contribution in [-0.4, -0.2) is 32.2 Å². The Morgan fingerprint density at radius 1 is 1.26 bits per heavy atom. The van der Waals surface area contributed by atoms with Gasteiger partial charge in [-0.2, -0.15) is 5.26 Å². The van der Waals surface area contributed by atoms with E-state index in [1.165, 1.54) is 23.5 Å². The maximum Gasteiger partial charge on any atom is 0.234 e. The Morgan fingerprint density at radius 3 is 2.85 bits per heavy atom. The van der Waals surface area contributed by atoms with Crippen LogP contribution in [0.3, 0.4) is 0 Å². The fraction of sp³-hybridized carbons (Fsp3) is 0.222. The molecular weight excluding hydrogens is 382 g/mol. The van der Waals surface area contributed by atoms with Gasteiger partial charge < -0.3 is 9.73 Å². The Balaban J connectivity index is 1.64. The second kappa shape index (κ2) is 9.30. The highest BCUT2D eigenvalue weighted by Crippen LogP contribution is 2.28. The quantitative estimate of drug-likeness (QED) is 0.574. The molecular formula is C18H17N5O2S2. The van der Waals surface area contributed by atoms with Gasteiger partial charge in [0, 0.05) is 11.4 Å². The van der Waals surface area contributed by atoms with Crippen molar-refractivity contribution >= 4 is 35.1 Å². The number of rotatable bonds is 8. The van der Waals surface area contributed by atoms with Crippen molar-refractivity contribution in [2.45, 2.75) is 23.5 Å². The maximum atomic E-state index is 12.4. The molecule has 2 heterocycles. The number of furan rings is 1. The molecule has 0 aliphatic heterocycles. The fourth-order valence-electron chi connectivity index (χ4n) is 2.39. The minimum Gasteiger partial charge on any atom is -0.461 e. The molecule has 0 radical (unpaired) electrons. The summed E-state index contributed by atoms with van der Waals surface area (Å²) >= 11 is 2.71. The normalized spacial score (nSPS) is 10.5. The predicted octanol–water partition coefficient (Wildman–Crippen LogP) is 3.90. The van der Waals surface area contributed by atoms with Gasteiger partial charge in [0.2, 0.25) is 5.91 Å². The minimum atomic E-state index is -0.143. The molecule has 3 aromatic rings. The van der Waals surface area contributed by atoms with Gasteiger partial charge in [0.05, 0.1) is 29.5 Å².